The van der Waals surface area contributed by atoms with Crippen LogP contribution >= 0.6 is 0 Å². The van der Waals surface area contributed by atoms with Crippen molar-refractivity contribution in [2.24, 2.45) is 12.5 Å². The molecule has 3 aliphatic rings. The Bertz CT molecular complexity index is 1590. The van der Waals surface area contributed by atoms with Crippen molar-refractivity contribution in [3.05, 3.63) is 58.8 Å². The lowest BCUT2D eigenvalue weighted by molar-refractivity contribution is -0.137. The van der Waals surface area contributed by atoms with Crippen LogP contribution in [0.25, 0.3) is 11.0 Å². The standard InChI is InChI=1S/C32H43N7O5/c1-30(2,3)44-29(42)36-16-17-39(25(19-36)23-10-6-5-7-11-23)28(41)37-15-14-32(43,31(20-37)12-8-9-13-31)21-38-22-33-24-18-35(4)34-26(24)27(38)40/h5-7,10-11,18,22,25,43H,8-9,12-17,19-21H2,1-4H3/t25-,32?/m0/s1. The molecule has 1 N–H and O–H groups in total. The Kier molecular flexibility index (Phi) is 7.67. The topological polar surface area (TPSA) is 126 Å². The summed E-state index contributed by atoms with van der Waals surface area (Å²) in [7, 11) is 1.75. The molecule has 3 fully saturated rings. The number of amides is 3. The second-order valence-corrected chi connectivity index (χ2v) is 13.7. The minimum Gasteiger partial charge on any atom is -0.444 e. The van der Waals surface area contributed by atoms with E-state index in [4.69, 9.17) is 4.74 Å². The molecule has 2 aromatic heterocycles. The third-order valence-electron chi connectivity index (χ3n) is 9.61. The molecule has 12 nitrogen and oxygen atoms in total. The largest absolute Gasteiger partial charge is 0.444 e. The van der Waals surface area contributed by atoms with Crippen LogP contribution in [0.2, 0.25) is 0 Å². The van der Waals surface area contributed by atoms with Crippen LogP contribution in [0.5, 0.6) is 0 Å². The molecule has 1 unspecified atom stereocenters. The van der Waals surface area contributed by atoms with Crippen LogP contribution in [0, 0.1) is 5.41 Å². The predicted octanol–water partition coefficient (Wildman–Crippen LogP) is 3.54. The zero-order valence-electron chi connectivity index (χ0n) is 26.1. The number of benzene rings is 1. The Hall–Kier alpha value is -3.93. The van der Waals surface area contributed by atoms with Gasteiger partial charge in [-0.25, -0.2) is 14.6 Å². The number of piperazine rings is 1. The van der Waals surface area contributed by atoms with Crippen LogP contribution in [0.1, 0.15) is 64.5 Å². The minimum atomic E-state index is -1.18. The SMILES string of the molecule is Cn1cc2ncn(CC3(O)CCN(C(=O)N4CCN(C(=O)OC(C)(C)C)C[C@H]4c4ccccc4)CC34CCCC4)c(=O)c2n1. The van der Waals surface area contributed by atoms with Gasteiger partial charge < -0.3 is 24.5 Å². The maximum atomic E-state index is 14.3. The number of carbonyl (C=O) groups is 2. The molecule has 44 heavy (non-hydrogen) atoms. The highest BCUT2D eigenvalue weighted by Crippen LogP contribution is 2.52. The van der Waals surface area contributed by atoms with Crippen molar-refractivity contribution < 1.29 is 19.4 Å². The van der Waals surface area contributed by atoms with Crippen LogP contribution in [-0.2, 0) is 18.3 Å². The molecule has 2 aliphatic heterocycles. The first-order valence-electron chi connectivity index (χ1n) is 15.6. The molecule has 1 saturated carbocycles. The maximum Gasteiger partial charge on any atom is 0.410 e. The number of urea groups is 1. The van der Waals surface area contributed by atoms with Crippen LogP contribution in [0.15, 0.2) is 47.7 Å². The van der Waals surface area contributed by atoms with E-state index in [0.29, 0.717) is 44.7 Å². The number of ether oxygens (including phenoxy) is 1. The number of aromatic nitrogens is 4. The number of piperidine rings is 1. The van der Waals surface area contributed by atoms with E-state index in [1.54, 1.807) is 22.8 Å². The highest BCUT2D eigenvalue weighted by Gasteiger charge is 2.56. The first kappa shape index (κ1) is 30.1. The monoisotopic (exact) mass is 605 g/mol. The summed E-state index contributed by atoms with van der Waals surface area (Å²) in [5.41, 5.74) is -0.848. The normalized spacial score (nSPS) is 23.8. The number of rotatable bonds is 3. The summed E-state index contributed by atoms with van der Waals surface area (Å²) >= 11 is 0. The van der Waals surface area contributed by atoms with Crippen LogP contribution < -0.4 is 5.56 Å². The Balaban J connectivity index is 1.24. The number of carbonyl (C=O) groups excluding carboxylic acids is 2. The number of fused-ring (bicyclic) bond motifs is 1. The summed E-state index contributed by atoms with van der Waals surface area (Å²) in [4.78, 5) is 50.4. The minimum absolute atomic E-state index is 0.0928. The third kappa shape index (κ3) is 5.55. The van der Waals surface area contributed by atoms with Crippen molar-refractivity contribution in [2.45, 2.75) is 76.7 Å². The van der Waals surface area contributed by atoms with Gasteiger partial charge in [0.15, 0.2) is 5.52 Å². The third-order valence-corrected chi connectivity index (χ3v) is 9.61. The van der Waals surface area contributed by atoms with Gasteiger partial charge in [0.1, 0.15) is 11.1 Å². The van der Waals surface area contributed by atoms with Gasteiger partial charge in [0, 0.05) is 45.2 Å². The fourth-order valence-corrected chi connectivity index (χ4v) is 7.35. The number of hydrogen-bond donors (Lipinski definition) is 1. The van der Waals surface area contributed by atoms with E-state index in [1.165, 1.54) is 10.9 Å². The summed E-state index contributed by atoms with van der Waals surface area (Å²) in [6.07, 6.45) is 6.63. The molecule has 6 rings (SSSR count). The lowest BCUT2D eigenvalue weighted by Crippen LogP contribution is -2.64. The zero-order chi connectivity index (χ0) is 31.3. The molecule has 2 atom stereocenters. The van der Waals surface area contributed by atoms with Gasteiger partial charge in [0.05, 0.1) is 30.7 Å². The Morgan fingerprint density at radius 1 is 1.05 bits per heavy atom. The molecule has 1 aliphatic carbocycles. The fraction of sp³-hybridized carbons (Fsp3) is 0.594. The summed E-state index contributed by atoms with van der Waals surface area (Å²) < 4.78 is 8.70. The lowest BCUT2D eigenvalue weighted by Gasteiger charge is -2.53. The van der Waals surface area contributed by atoms with Gasteiger partial charge in [-0.1, -0.05) is 43.2 Å². The first-order chi connectivity index (χ1) is 20.9. The van der Waals surface area contributed by atoms with E-state index in [-0.39, 0.29) is 35.8 Å². The molecule has 1 aromatic carbocycles. The molecule has 4 heterocycles. The fourth-order valence-electron chi connectivity index (χ4n) is 7.35. The second kappa shape index (κ2) is 11.2. The van der Waals surface area contributed by atoms with Crippen molar-refractivity contribution in [3.8, 4) is 0 Å². The number of aliphatic hydroxyl groups is 1. The van der Waals surface area contributed by atoms with E-state index in [1.807, 2.05) is 60.9 Å². The summed E-state index contributed by atoms with van der Waals surface area (Å²) in [6, 6.07) is 9.37. The highest BCUT2D eigenvalue weighted by molar-refractivity contribution is 5.76. The molecule has 3 amide bonds. The Morgan fingerprint density at radius 3 is 2.48 bits per heavy atom. The quantitative estimate of drug-likeness (QED) is 0.484. The highest BCUT2D eigenvalue weighted by atomic mass is 16.6. The number of likely N-dealkylation sites (tertiary alicyclic amines) is 1. The van der Waals surface area contributed by atoms with Crippen LogP contribution in [-0.4, -0.2) is 95.2 Å². The van der Waals surface area contributed by atoms with Crippen molar-refractivity contribution in [2.75, 3.05) is 32.7 Å². The van der Waals surface area contributed by atoms with Gasteiger partial charge in [-0.05, 0) is 45.6 Å². The van der Waals surface area contributed by atoms with Crippen molar-refractivity contribution in [1.29, 1.82) is 0 Å². The van der Waals surface area contributed by atoms with Crippen molar-refractivity contribution in [1.82, 2.24) is 34.0 Å². The molecule has 3 aromatic rings. The summed E-state index contributed by atoms with van der Waals surface area (Å²) in [5.74, 6) is 0. The smallest absolute Gasteiger partial charge is 0.410 e. The summed E-state index contributed by atoms with van der Waals surface area (Å²) in [6.45, 7) is 7.49. The van der Waals surface area contributed by atoms with Gasteiger partial charge in [0.25, 0.3) is 5.56 Å². The van der Waals surface area contributed by atoms with Gasteiger partial charge in [0.2, 0.25) is 0 Å². The van der Waals surface area contributed by atoms with Crippen LogP contribution in [0.3, 0.4) is 0 Å². The van der Waals surface area contributed by atoms with Gasteiger partial charge in [-0.2, -0.15) is 5.10 Å². The first-order valence-corrected chi connectivity index (χ1v) is 15.6. The molecule has 12 heteroatoms. The van der Waals surface area contributed by atoms with E-state index < -0.39 is 16.6 Å². The number of aryl methyl sites for hydroxylation is 1. The van der Waals surface area contributed by atoms with E-state index in [2.05, 4.69) is 10.1 Å². The van der Waals surface area contributed by atoms with E-state index >= 15 is 0 Å². The average molecular weight is 606 g/mol. The molecular formula is C32H43N7O5. The van der Waals surface area contributed by atoms with Gasteiger partial charge >= 0.3 is 12.1 Å². The Morgan fingerprint density at radius 2 is 1.77 bits per heavy atom. The molecule has 236 valence electrons. The summed E-state index contributed by atoms with van der Waals surface area (Å²) in [5, 5.41) is 16.6. The maximum absolute atomic E-state index is 14.3. The van der Waals surface area contributed by atoms with Crippen LogP contribution in [0.4, 0.5) is 9.59 Å². The van der Waals surface area contributed by atoms with E-state index in [0.717, 1.165) is 31.2 Å². The molecule has 0 bridgehead atoms. The lowest BCUT2D eigenvalue weighted by atomic mass is 9.66. The predicted molar refractivity (Wildman–Crippen MR) is 164 cm³/mol. The zero-order valence-corrected chi connectivity index (χ0v) is 26.1. The Labute approximate surface area is 257 Å². The average Bonchev–Trinajstić information content (AvgIpc) is 3.62. The molecule has 2 saturated heterocycles. The molecular weight excluding hydrogens is 562 g/mol. The number of nitrogens with zero attached hydrogens (tertiary/aromatic N) is 7. The van der Waals surface area contributed by atoms with Crippen molar-refractivity contribution in [3.63, 3.8) is 0 Å². The molecule has 1 spiro atoms. The van der Waals surface area contributed by atoms with Crippen molar-refractivity contribution >= 4 is 23.2 Å². The van der Waals surface area contributed by atoms with Gasteiger partial charge in [-0.15, -0.1) is 0 Å². The van der Waals surface area contributed by atoms with E-state index in [9.17, 15) is 19.5 Å². The second-order valence-electron chi connectivity index (χ2n) is 13.7. The number of hydrogen-bond acceptors (Lipinski definition) is 7. The molecule has 0 radical (unpaired) electrons. The van der Waals surface area contributed by atoms with Gasteiger partial charge in [-0.3, -0.25) is 14.0 Å².